The van der Waals surface area contributed by atoms with Gasteiger partial charge in [-0.1, -0.05) is 24.9 Å². The molecule has 1 unspecified atom stereocenters. The van der Waals surface area contributed by atoms with Gasteiger partial charge in [-0.05, 0) is 37.9 Å². The van der Waals surface area contributed by atoms with E-state index in [0.29, 0.717) is 23.7 Å². The average molecular weight is 311 g/mol. The fourth-order valence-electron chi connectivity index (χ4n) is 2.63. The van der Waals surface area contributed by atoms with E-state index in [9.17, 15) is 4.79 Å². The monoisotopic (exact) mass is 310 g/mol. The van der Waals surface area contributed by atoms with Crippen molar-refractivity contribution in [3.63, 3.8) is 0 Å². The zero-order valence-electron chi connectivity index (χ0n) is 12.4. The summed E-state index contributed by atoms with van der Waals surface area (Å²) in [6.45, 7) is 6.13. The van der Waals surface area contributed by atoms with E-state index >= 15 is 0 Å². The standard InChI is InChI=1S/C15H23ClN4O/c1-11(10-20-5-3-2-4-6-20)8-19-15(21)13-7-12(17)9-18-14(13)16/h7,9,11H,2-6,8,10,17H2,1H3,(H,19,21). The van der Waals surface area contributed by atoms with Crippen molar-refractivity contribution in [3.8, 4) is 0 Å². The number of piperidine rings is 1. The molecule has 0 aromatic carbocycles. The number of pyridine rings is 1. The Morgan fingerprint density at radius 3 is 2.90 bits per heavy atom. The molecule has 1 saturated heterocycles. The van der Waals surface area contributed by atoms with Gasteiger partial charge in [-0.15, -0.1) is 0 Å². The third kappa shape index (κ3) is 4.86. The number of carbonyl (C=O) groups excluding carboxylic acids is 1. The number of likely N-dealkylation sites (tertiary alicyclic amines) is 1. The Balaban J connectivity index is 1.81. The zero-order chi connectivity index (χ0) is 15.2. The number of aromatic nitrogens is 1. The first-order valence-corrected chi connectivity index (χ1v) is 7.85. The van der Waals surface area contributed by atoms with Gasteiger partial charge < -0.3 is 16.0 Å². The number of rotatable bonds is 5. The molecule has 1 amide bonds. The Bertz CT molecular complexity index is 489. The van der Waals surface area contributed by atoms with Crippen molar-refractivity contribution in [2.75, 3.05) is 31.9 Å². The summed E-state index contributed by atoms with van der Waals surface area (Å²) in [5.74, 6) is 0.185. The number of carbonyl (C=O) groups is 1. The number of hydrogen-bond donors (Lipinski definition) is 2. The topological polar surface area (TPSA) is 71.2 Å². The summed E-state index contributed by atoms with van der Waals surface area (Å²) in [4.78, 5) is 18.5. The van der Waals surface area contributed by atoms with Gasteiger partial charge in [-0.2, -0.15) is 0 Å². The molecule has 2 heterocycles. The second-order valence-electron chi connectivity index (χ2n) is 5.78. The largest absolute Gasteiger partial charge is 0.397 e. The highest BCUT2D eigenvalue weighted by atomic mass is 35.5. The molecule has 2 rings (SSSR count). The highest BCUT2D eigenvalue weighted by Crippen LogP contribution is 2.15. The van der Waals surface area contributed by atoms with Crippen LogP contribution >= 0.6 is 11.6 Å². The smallest absolute Gasteiger partial charge is 0.254 e. The normalized spacial score (nSPS) is 17.4. The lowest BCUT2D eigenvalue weighted by Crippen LogP contribution is -2.38. The lowest BCUT2D eigenvalue weighted by Gasteiger charge is -2.29. The number of nitrogens with two attached hydrogens (primary N) is 1. The molecular formula is C15H23ClN4O. The minimum absolute atomic E-state index is 0.186. The molecule has 0 spiro atoms. The fourth-order valence-corrected chi connectivity index (χ4v) is 2.82. The van der Waals surface area contributed by atoms with Crippen molar-refractivity contribution in [1.82, 2.24) is 15.2 Å². The summed E-state index contributed by atoms with van der Waals surface area (Å²) in [7, 11) is 0. The molecule has 3 N–H and O–H groups in total. The Morgan fingerprint density at radius 2 is 2.19 bits per heavy atom. The molecule has 0 aliphatic carbocycles. The molecule has 1 aromatic rings. The van der Waals surface area contributed by atoms with Gasteiger partial charge in [0.25, 0.3) is 5.91 Å². The number of anilines is 1. The maximum absolute atomic E-state index is 12.1. The van der Waals surface area contributed by atoms with Gasteiger partial charge in [-0.25, -0.2) is 4.98 Å². The van der Waals surface area contributed by atoms with Gasteiger partial charge in [0.1, 0.15) is 5.15 Å². The minimum Gasteiger partial charge on any atom is -0.397 e. The first kappa shape index (κ1) is 16.0. The second-order valence-corrected chi connectivity index (χ2v) is 6.14. The minimum atomic E-state index is -0.217. The Morgan fingerprint density at radius 1 is 1.48 bits per heavy atom. The van der Waals surface area contributed by atoms with Crippen LogP contribution in [0.4, 0.5) is 5.69 Å². The van der Waals surface area contributed by atoms with E-state index in [1.165, 1.54) is 38.5 Å². The Labute approximate surface area is 130 Å². The molecule has 21 heavy (non-hydrogen) atoms. The van der Waals surface area contributed by atoms with Crippen LogP contribution in [0.1, 0.15) is 36.5 Å². The van der Waals surface area contributed by atoms with Gasteiger partial charge in [-0.3, -0.25) is 4.79 Å². The van der Waals surface area contributed by atoms with Crippen LogP contribution in [0.5, 0.6) is 0 Å². The summed E-state index contributed by atoms with van der Waals surface area (Å²) >= 11 is 5.93. The molecule has 5 nitrogen and oxygen atoms in total. The van der Waals surface area contributed by atoms with Crippen LogP contribution in [-0.2, 0) is 0 Å². The summed E-state index contributed by atoms with van der Waals surface area (Å²) in [6.07, 6.45) is 5.34. The van der Waals surface area contributed by atoms with Gasteiger partial charge in [0, 0.05) is 13.1 Å². The van der Waals surface area contributed by atoms with E-state index in [0.717, 1.165) is 6.54 Å². The van der Waals surface area contributed by atoms with Crippen LogP contribution < -0.4 is 11.1 Å². The average Bonchev–Trinajstić information content (AvgIpc) is 2.48. The number of hydrogen-bond acceptors (Lipinski definition) is 4. The maximum Gasteiger partial charge on any atom is 0.254 e. The predicted octanol–water partition coefficient (Wildman–Crippen LogP) is 2.17. The summed E-state index contributed by atoms with van der Waals surface area (Å²) in [5.41, 5.74) is 6.41. The van der Waals surface area contributed by atoms with Crippen molar-refractivity contribution in [1.29, 1.82) is 0 Å². The van der Waals surface area contributed by atoms with Crippen LogP contribution in [0.3, 0.4) is 0 Å². The number of nitrogen functional groups attached to an aromatic ring is 1. The van der Waals surface area contributed by atoms with Gasteiger partial charge >= 0.3 is 0 Å². The van der Waals surface area contributed by atoms with Crippen molar-refractivity contribution in [2.45, 2.75) is 26.2 Å². The number of nitrogens with one attached hydrogen (secondary N) is 1. The van der Waals surface area contributed by atoms with Crippen molar-refractivity contribution >= 4 is 23.2 Å². The lowest BCUT2D eigenvalue weighted by atomic mass is 10.1. The van der Waals surface area contributed by atoms with E-state index in [1.54, 1.807) is 6.07 Å². The predicted molar refractivity (Wildman–Crippen MR) is 85.4 cm³/mol. The Hall–Kier alpha value is -1.33. The van der Waals surface area contributed by atoms with E-state index in [-0.39, 0.29) is 11.1 Å². The number of halogens is 1. The molecule has 1 atom stereocenters. The lowest BCUT2D eigenvalue weighted by molar-refractivity contribution is 0.0942. The quantitative estimate of drug-likeness (QED) is 0.818. The summed E-state index contributed by atoms with van der Waals surface area (Å²) in [6, 6.07) is 1.56. The second kappa shape index (κ2) is 7.61. The summed E-state index contributed by atoms with van der Waals surface area (Å²) < 4.78 is 0. The first-order valence-electron chi connectivity index (χ1n) is 7.48. The SMILES string of the molecule is CC(CNC(=O)c1cc(N)cnc1Cl)CN1CCCCC1. The van der Waals surface area contributed by atoms with Crippen molar-refractivity contribution in [3.05, 3.63) is 23.0 Å². The molecule has 116 valence electrons. The third-order valence-corrected chi connectivity index (χ3v) is 4.04. The molecular weight excluding hydrogens is 288 g/mol. The van der Waals surface area contributed by atoms with E-state index < -0.39 is 0 Å². The third-order valence-electron chi connectivity index (χ3n) is 3.73. The number of nitrogens with zero attached hydrogens (tertiary/aromatic N) is 2. The number of amides is 1. The van der Waals surface area contributed by atoms with Crippen LogP contribution in [-0.4, -0.2) is 42.0 Å². The first-order chi connectivity index (χ1) is 10.1. The maximum atomic E-state index is 12.1. The molecule has 0 bridgehead atoms. The highest BCUT2D eigenvalue weighted by Gasteiger charge is 2.16. The van der Waals surface area contributed by atoms with Crippen molar-refractivity contribution in [2.24, 2.45) is 5.92 Å². The molecule has 1 aliphatic heterocycles. The molecule has 0 saturated carbocycles. The van der Waals surface area contributed by atoms with Crippen LogP contribution in [0.15, 0.2) is 12.3 Å². The van der Waals surface area contributed by atoms with E-state index in [2.05, 4.69) is 22.1 Å². The van der Waals surface area contributed by atoms with Crippen LogP contribution in [0.2, 0.25) is 5.15 Å². The molecule has 1 aliphatic rings. The fraction of sp³-hybridized carbons (Fsp3) is 0.600. The highest BCUT2D eigenvalue weighted by molar-refractivity contribution is 6.32. The molecule has 1 fully saturated rings. The van der Waals surface area contributed by atoms with Crippen LogP contribution in [0, 0.1) is 5.92 Å². The van der Waals surface area contributed by atoms with E-state index in [4.69, 9.17) is 17.3 Å². The molecule has 1 aromatic heterocycles. The van der Waals surface area contributed by atoms with E-state index in [1.807, 2.05) is 0 Å². The molecule has 6 heteroatoms. The zero-order valence-corrected chi connectivity index (χ0v) is 13.2. The van der Waals surface area contributed by atoms with Crippen LogP contribution in [0.25, 0.3) is 0 Å². The van der Waals surface area contributed by atoms with Crippen molar-refractivity contribution < 1.29 is 4.79 Å². The van der Waals surface area contributed by atoms with Gasteiger partial charge in [0.2, 0.25) is 0 Å². The Kier molecular flexibility index (Phi) is 5.82. The van der Waals surface area contributed by atoms with Gasteiger partial charge in [0.05, 0.1) is 17.4 Å². The summed E-state index contributed by atoms with van der Waals surface area (Å²) in [5, 5.41) is 3.10. The van der Waals surface area contributed by atoms with Gasteiger partial charge in [0.15, 0.2) is 0 Å². The molecule has 0 radical (unpaired) electrons.